The molecule has 422 valence electrons. The Kier molecular flexibility index (Phi) is 17.1. The van der Waals surface area contributed by atoms with E-state index in [4.69, 9.17) is 42.6 Å². The molecule has 5 saturated heterocycles. The lowest BCUT2D eigenvalue weighted by molar-refractivity contribution is -0.389. The van der Waals surface area contributed by atoms with Crippen LogP contribution in [0.25, 0.3) is 0 Å². The molecule has 23 nitrogen and oxygen atoms in total. The second kappa shape index (κ2) is 22.0. The minimum atomic E-state index is -1.84. The molecule has 9 rings (SSSR count). The van der Waals surface area contributed by atoms with E-state index in [-0.39, 0.29) is 41.3 Å². The summed E-state index contributed by atoms with van der Waals surface area (Å²) in [6, 6.07) is 0. The first-order chi connectivity index (χ1) is 34.5. The molecule has 0 bridgehead atoms. The number of ether oxygens (including phenoxy) is 9. The minimum absolute atomic E-state index is 0.0159. The van der Waals surface area contributed by atoms with E-state index in [0.29, 0.717) is 42.9 Å². The van der Waals surface area contributed by atoms with Crippen molar-refractivity contribution >= 4 is 0 Å². The highest BCUT2D eigenvalue weighted by Gasteiger charge is 2.68. The van der Waals surface area contributed by atoms with Crippen molar-refractivity contribution in [3.8, 4) is 0 Å². The van der Waals surface area contributed by atoms with Crippen LogP contribution >= 0.6 is 0 Å². The minimum Gasteiger partial charge on any atom is -0.394 e. The summed E-state index contributed by atoms with van der Waals surface area (Å²) in [6.45, 7) is 8.02. The molecular weight excluding hydrogens is 969 g/mol. The number of rotatable bonds is 14. The maximum atomic E-state index is 12.1. The molecule has 23 heteroatoms. The highest BCUT2D eigenvalue weighted by molar-refractivity contribution is 5.15. The summed E-state index contributed by atoms with van der Waals surface area (Å²) < 4.78 is 53.8. The van der Waals surface area contributed by atoms with Crippen LogP contribution in [0.4, 0.5) is 0 Å². The molecule has 5 aliphatic heterocycles. The molecule has 4 aliphatic carbocycles. The molecule has 0 amide bonds. The lowest BCUT2D eigenvalue weighted by Gasteiger charge is -2.61. The number of hydrogen-bond acceptors (Lipinski definition) is 23. The van der Waals surface area contributed by atoms with E-state index in [2.05, 4.69) is 20.8 Å². The van der Waals surface area contributed by atoms with Crippen LogP contribution in [-0.2, 0) is 42.6 Å². The third-order valence-corrected chi connectivity index (χ3v) is 19.8. The zero-order valence-electron chi connectivity index (χ0n) is 42.4. The van der Waals surface area contributed by atoms with Gasteiger partial charge in [0.2, 0.25) is 0 Å². The molecule has 0 aromatic heterocycles. The van der Waals surface area contributed by atoms with Crippen molar-refractivity contribution in [3.63, 3.8) is 0 Å². The van der Waals surface area contributed by atoms with Crippen molar-refractivity contribution in [2.75, 3.05) is 19.8 Å². The van der Waals surface area contributed by atoms with Crippen molar-refractivity contribution in [1.82, 2.24) is 0 Å². The molecule has 9 fully saturated rings. The normalized spacial score (nSPS) is 56.6. The zero-order chi connectivity index (χ0) is 52.8. The second-order valence-corrected chi connectivity index (χ2v) is 23.8. The van der Waals surface area contributed by atoms with E-state index in [0.717, 1.165) is 38.5 Å². The van der Waals surface area contributed by atoms with Gasteiger partial charge < -0.3 is 114 Å². The average Bonchev–Trinajstić information content (AvgIpc) is 3.81. The topological polar surface area (TPSA) is 366 Å². The Morgan fingerprint density at radius 3 is 1.79 bits per heavy atom. The van der Waals surface area contributed by atoms with Crippen molar-refractivity contribution in [2.24, 2.45) is 46.3 Å². The van der Waals surface area contributed by atoms with Crippen molar-refractivity contribution in [3.05, 3.63) is 0 Å². The fraction of sp³-hybridized carbons (Fsp3) is 1.00. The molecule has 32 unspecified atom stereocenters. The van der Waals surface area contributed by atoms with Crippen LogP contribution < -0.4 is 0 Å². The number of hydrogen-bond donors (Lipinski definition) is 14. The first-order valence-corrected chi connectivity index (χ1v) is 26.8. The Balaban J connectivity index is 0.793. The average molecular weight is 1050 g/mol. The maximum Gasteiger partial charge on any atom is 0.187 e. The SMILES string of the molecule is CC(CCC1(O)OC2CC3C4CCC5CC(OC6OC(CO)C(OC7OC(CO)C(O)C(O)C7OC7OC(C)C(O)C(O)C7O)C(O)C6O)CCC5(C)C4CCC3(C)C2C1C)OC1OC(CO)C(O)C(O)C1O. The van der Waals surface area contributed by atoms with Crippen LogP contribution in [0.3, 0.4) is 0 Å². The number of fused-ring (bicyclic) bond motifs is 7. The van der Waals surface area contributed by atoms with E-state index in [1.54, 1.807) is 6.92 Å². The summed E-state index contributed by atoms with van der Waals surface area (Å²) in [6.07, 6.45) is -23.8. The summed E-state index contributed by atoms with van der Waals surface area (Å²) in [5, 5.41) is 149. The van der Waals surface area contributed by atoms with Crippen molar-refractivity contribution in [1.29, 1.82) is 0 Å². The largest absolute Gasteiger partial charge is 0.394 e. The highest BCUT2D eigenvalue weighted by atomic mass is 16.8. The molecule has 0 aromatic carbocycles. The Hall–Kier alpha value is -0.920. The Morgan fingerprint density at radius 2 is 1.11 bits per heavy atom. The van der Waals surface area contributed by atoms with Gasteiger partial charge in [0.15, 0.2) is 30.9 Å². The summed E-state index contributed by atoms with van der Waals surface area (Å²) in [4.78, 5) is 0. The van der Waals surface area contributed by atoms with Gasteiger partial charge in [-0.2, -0.15) is 0 Å². The summed E-state index contributed by atoms with van der Waals surface area (Å²) >= 11 is 0. The fourth-order valence-corrected chi connectivity index (χ4v) is 15.5. The standard InChI is InChI=1S/C50H84O23/c1-19(65-44-40(62)36(58)33(55)28(16-51)68-44)8-13-50(64)20(2)31-27(73-50)15-26-24-7-6-22-14-23(9-11-48(22,4)25(24)10-12-49(26,31)5)67-46-41(63)38(60)42(30(18-53)70-46)71-47-43(37(59)34(56)29(17-52)69-47)72-45-39(61)35(57)32(54)21(3)66-45/h19-47,51-64H,6-18H2,1-5H3. The van der Waals surface area contributed by atoms with Crippen LogP contribution in [0.1, 0.15) is 98.8 Å². The predicted molar refractivity (Wildman–Crippen MR) is 246 cm³/mol. The molecule has 32 atom stereocenters. The predicted octanol–water partition coefficient (Wildman–Crippen LogP) is -3.17. The van der Waals surface area contributed by atoms with Crippen LogP contribution in [0.15, 0.2) is 0 Å². The van der Waals surface area contributed by atoms with Crippen molar-refractivity contribution in [2.45, 2.75) is 246 Å². The fourth-order valence-electron chi connectivity index (χ4n) is 15.5. The van der Waals surface area contributed by atoms with Gasteiger partial charge in [-0.1, -0.05) is 20.8 Å². The van der Waals surface area contributed by atoms with Gasteiger partial charge in [0, 0.05) is 12.3 Å². The van der Waals surface area contributed by atoms with Crippen LogP contribution in [0.2, 0.25) is 0 Å². The molecule has 73 heavy (non-hydrogen) atoms. The van der Waals surface area contributed by atoms with Gasteiger partial charge in [0.1, 0.15) is 91.6 Å². The first kappa shape index (κ1) is 56.8. The van der Waals surface area contributed by atoms with Crippen LogP contribution in [-0.4, -0.2) is 238 Å². The lowest BCUT2D eigenvalue weighted by Crippen LogP contribution is -2.67. The third kappa shape index (κ3) is 10.1. The van der Waals surface area contributed by atoms with Crippen molar-refractivity contribution < 1.29 is 114 Å². The lowest BCUT2D eigenvalue weighted by atomic mass is 9.44. The maximum absolute atomic E-state index is 12.1. The molecule has 0 radical (unpaired) electrons. The van der Waals surface area contributed by atoms with E-state index in [1.165, 1.54) is 6.92 Å². The molecule has 0 spiro atoms. The monoisotopic (exact) mass is 1050 g/mol. The smallest absolute Gasteiger partial charge is 0.187 e. The van der Waals surface area contributed by atoms with Gasteiger partial charge >= 0.3 is 0 Å². The molecule has 14 N–H and O–H groups in total. The Bertz CT molecular complexity index is 1840. The van der Waals surface area contributed by atoms with Gasteiger partial charge in [0.05, 0.1) is 44.2 Å². The number of aliphatic hydroxyl groups is 14. The van der Waals surface area contributed by atoms with E-state index < -0.39 is 155 Å². The second-order valence-electron chi connectivity index (χ2n) is 23.8. The van der Waals surface area contributed by atoms with Gasteiger partial charge in [-0.3, -0.25) is 0 Å². The van der Waals surface area contributed by atoms with E-state index in [9.17, 15) is 71.5 Å². The molecule has 0 aromatic rings. The van der Waals surface area contributed by atoms with Crippen LogP contribution in [0.5, 0.6) is 0 Å². The van der Waals surface area contributed by atoms with Gasteiger partial charge in [-0.25, -0.2) is 0 Å². The summed E-state index contributed by atoms with van der Waals surface area (Å²) in [7, 11) is 0. The third-order valence-electron chi connectivity index (χ3n) is 19.8. The zero-order valence-corrected chi connectivity index (χ0v) is 42.4. The van der Waals surface area contributed by atoms with Gasteiger partial charge in [-0.15, -0.1) is 0 Å². The Morgan fingerprint density at radius 1 is 0.548 bits per heavy atom. The quantitative estimate of drug-likeness (QED) is 0.0763. The molecular formula is C50H84O23. The first-order valence-electron chi connectivity index (χ1n) is 26.8. The molecule has 9 aliphatic rings. The Labute approximate surface area is 425 Å². The molecule has 4 saturated carbocycles. The summed E-state index contributed by atoms with van der Waals surface area (Å²) in [5.74, 6) is 0.241. The molecule has 5 heterocycles. The van der Waals surface area contributed by atoms with E-state index in [1.807, 2.05) is 0 Å². The van der Waals surface area contributed by atoms with E-state index >= 15 is 0 Å². The van der Waals surface area contributed by atoms with Gasteiger partial charge in [-0.05, 0) is 112 Å². The van der Waals surface area contributed by atoms with Gasteiger partial charge in [0.25, 0.3) is 0 Å². The highest BCUT2D eigenvalue weighted by Crippen LogP contribution is 2.71. The number of aliphatic hydroxyl groups excluding tert-OH is 13. The van der Waals surface area contributed by atoms with Crippen LogP contribution in [0, 0.1) is 46.3 Å². The summed E-state index contributed by atoms with van der Waals surface area (Å²) in [5.41, 5.74) is -0.0302.